The first-order valence-electron chi connectivity index (χ1n) is 6.77. The molecule has 5 heteroatoms. The van der Waals surface area contributed by atoms with Crippen LogP contribution in [0.5, 0.6) is 0 Å². The molecule has 0 aliphatic heterocycles. The number of nitrogens with zero attached hydrogens (tertiary/aromatic N) is 1. The van der Waals surface area contributed by atoms with Crippen LogP contribution in [0.4, 0.5) is 0 Å². The van der Waals surface area contributed by atoms with E-state index in [1.165, 1.54) is 11.8 Å². The number of carbonyl (C=O) groups excluding carboxylic acids is 1. The molecule has 0 aliphatic rings. The van der Waals surface area contributed by atoms with E-state index in [-0.39, 0.29) is 11.9 Å². The smallest absolute Gasteiger partial charge is 0.230 e. The molecule has 2 aromatic rings. The number of aromatic nitrogens is 1. The maximum Gasteiger partial charge on any atom is 0.230 e. The molecule has 0 aliphatic carbocycles. The molecule has 0 saturated carbocycles. The lowest BCUT2D eigenvalue weighted by Crippen LogP contribution is -2.29. The van der Waals surface area contributed by atoms with E-state index in [0.717, 1.165) is 21.5 Å². The van der Waals surface area contributed by atoms with Crippen LogP contribution in [0.1, 0.15) is 24.9 Å². The Morgan fingerprint density at radius 1 is 1.29 bits per heavy atom. The van der Waals surface area contributed by atoms with E-state index in [9.17, 15) is 4.79 Å². The van der Waals surface area contributed by atoms with Gasteiger partial charge in [-0.3, -0.25) is 4.79 Å². The van der Waals surface area contributed by atoms with Crippen molar-refractivity contribution in [2.75, 3.05) is 5.75 Å². The van der Waals surface area contributed by atoms with Crippen LogP contribution in [-0.2, 0) is 4.79 Å². The van der Waals surface area contributed by atoms with Gasteiger partial charge in [-0.1, -0.05) is 52.8 Å². The predicted molar refractivity (Wildman–Crippen MR) is 90.3 cm³/mol. The van der Waals surface area contributed by atoms with Gasteiger partial charge in [0.05, 0.1) is 16.8 Å². The fraction of sp³-hybridized carbons (Fsp3) is 0.250. The Kier molecular flexibility index (Phi) is 6.26. The van der Waals surface area contributed by atoms with Crippen molar-refractivity contribution in [2.45, 2.75) is 24.4 Å². The highest BCUT2D eigenvalue weighted by Gasteiger charge is 2.12. The average molecular weight is 365 g/mol. The molecular weight excluding hydrogens is 348 g/mol. The molecule has 2 rings (SSSR count). The number of hydrogen-bond donors (Lipinski definition) is 1. The van der Waals surface area contributed by atoms with Crippen LogP contribution in [0, 0.1) is 0 Å². The van der Waals surface area contributed by atoms with Gasteiger partial charge in [-0.05, 0) is 36.2 Å². The number of halogens is 1. The Hall–Kier alpha value is -1.33. The Labute approximate surface area is 137 Å². The van der Waals surface area contributed by atoms with Crippen molar-refractivity contribution in [2.24, 2.45) is 0 Å². The van der Waals surface area contributed by atoms with Gasteiger partial charge in [-0.15, -0.1) is 0 Å². The Bertz CT molecular complexity index is 575. The molecule has 0 unspecified atom stereocenters. The topological polar surface area (TPSA) is 42.0 Å². The molecule has 1 heterocycles. The zero-order chi connectivity index (χ0) is 15.1. The third-order valence-electron chi connectivity index (χ3n) is 3.00. The highest BCUT2D eigenvalue weighted by atomic mass is 79.9. The molecular formula is C16H17BrN2OS. The minimum absolute atomic E-state index is 0.0282. The lowest BCUT2D eigenvalue weighted by atomic mass is 10.0. The van der Waals surface area contributed by atoms with Gasteiger partial charge in [0.1, 0.15) is 0 Å². The molecule has 1 aromatic heterocycles. The molecule has 0 spiro atoms. The summed E-state index contributed by atoms with van der Waals surface area (Å²) in [5.41, 5.74) is 1.12. The molecule has 1 atom stereocenters. The molecule has 21 heavy (non-hydrogen) atoms. The Morgan fingerprint density at radius 3 is 2.67 bits per heavy atom. The SMILES string of the molecule is CC[C@@H](NC(=O)CSc1ccccn1)c1ccc(Br)cc1. The number of benzene rings is 1. The van der Waals surface area contributed by atoms with Crippen molar-refractivity contribution >= 4 is 33.6 Å². The summed E-state index contributed by atoms with van der Waals surface area (Å²) in [6.07, 6.45) is 2.60. The van der Waals surface area contributed by atoms with E-state index in [2.05, 4.69) is 33.2 Å². The minimum atomic E-state index is 0.0282. The molecule has 0 bridgehead atoms. The van der Waals surface area contributed by atoms with Crippen LogP contribution >= 0.6 is 27.7 Å². The normalized spacial score (nSPS) is 11.9. The summed E-state index contributed by atoms with van der Waals surface area (Å²) in [6, 6.07) is 13.8. The zero-order valence-electron chi connectivity index (χ0n) is 11.8. The van der Waals surface area contributed by atoms with E-state index >= 15 is 0 Å². The summed E-state index contributed by atoms with van der Waals surface area (Å²) < 4.78 is 1.04. The van der Waals surface area contributed by atoms with Crippen molar-refractivity contribution in [3.8, 4) is 0 Å². The molecule has 110 valence electrons. The van der Waals surface area contributed by atoms with E-state index in [4.69, 9.17) is 0 Å². The van der Waals surface area contributed by atoms with Gasteiger partial charge in [0.2, 0.25) is 5.91 Å². The maximum absolute atomic E-state index is 12.1. The summed E-state index contributed by atoms with van der Waals surface area (Å²) in [5.74, 6) is 0.407. The quantitative estimate of drug-likeness (QED) is 0.780. The summed E-state index contributed by atoms with van der Waals surface area (Å²) in [4.78, 5) is 16.3. The minimum Gasteiger partial charge on any atom is -0.349 e. The highest BCUT2D eigenvalue weighted by Crippen LogP contribution is 2.20. The fourth-order valence-electron chi connectivity index (χ4n) is 1.92. The van der Waals surface area contributed by atoms with Gasteiger partial charge in [-0.2, -0.15) is 0 Å². The zero-order valence-corrected chi connectivity index (χ0v) is 14.2. The lowest BCUT2D eigenvalue weighted by Gasteiger charge is -2.17. The van der Waals surface area contributed by atoms with Crippen molar-refractivity contribution < 1.29 is 4.79 Å². The standard InChI is InChI=1S/C16H17BrN2OS/c1-2-14(12-6-8-13(17)9-7-12)19-15(20)11-21-16-5-3-4-10-18-16/h3-10,14H,2,11H2,1H3,(H,19,20)/t14-/m1/s1. The van der Waals surface area contributed by atoms with Crippen molar-refractivity contribution in [3.63, 3.8) is 0 Å². The Morgan fingerprint density at radius 2 is 2.05 bits per heavy atom. The number of amides is 1. The lowest BCUT2D eigenvalue weighted by molar-refractivity contribution is -0.119. The number of nitrogens with one attached hydrogen (secondary N) is 1. The van der Waals surface area contributed by atoms with Crippen LogP contribution in [0.25, 0.3) is 0 Å². The summed E-state index contributed by atoms with van der Waals surface area (Å²) in [5, 5.41) is 3.93. The first-order valence-corrected chi connectivity index (χ1v) is 8.55. The summed E-state index contributed by atoms with van der Waals surface area (Å²) in [6.45, 7) is 2.07. The molecule has 1 N–H and O–H groups in total. The fourth-order valence-corrected chi connectivity index (χ4v) is 2.86. The highest BCUT2D eigenvalue weighted by molar-refractivity contribution is 9.10. The number of rotatable bonds is 6. The van der Waals surface area contributed by atoms with Gasteiger partial charge in [0.25, 0.3) is 0 Å². The number of hydrogen-bond acceptors (Lipinski definition) is 3. The van der Waals surface area contributed by atoms with Gasteiger partial charge in [0.15, 0.2) is 0 Å². The second-order valence-electron chi connectivity index (χ2n) is 4.54. The van der Waals surface area contributed by atoms with E-state index in [1.54, 1.807) is 6.20 Å². The largest absolute Gasteiger partial charge is 0.349 e. The first-order chi connectivity index (χ1) is 10.2. The third kappa shape index (κ3) is 5.17. The van der Waals surface area contributed by atoms with Crippen LogP contribution in [-0.4, -0.2) is 16.6 Å². The van der Waals surface area contributed by atoms with E-state index < -0.39 is 0 Å². The summed E-state index contributed by atoms with van der Waals surface area (Å²) in [7, 11) is 0. The maximum atomic E-state index is 12.1. The predicted octanol–water partition coefficient (Wildman–Crippen LogP) is 4.20. The number of thioether (sulfide) groups is 1. The second-order valence-corrected chi connectivity index (χ2v) is 6.45. The number of pyridine rings is 1. The summed E-state index contributed by atoms with van der Waals surface area (Å²) >= 11 is 4.87. The molecule has 3 nitrogen and oxygen atoms in total. The molecule has 1 aromatic carbocycles. The van der Waals surface area contributed by atoms with Crippen LogP contribution < -0.4 is 5.32 Å². The Balaban J connectivity index is 1.89. The van der Waals surface area contributed by atoms with Gasteiger partial charge < -0.3 is 5.32 Å². The van der Waals surface area contributed by atoms with Gasteiger partial charge in [0, 0.05) is 10.7 Å². The van der Waals surface area contributed by atoms with Crippen LogP contribution in [0.15, 0.2) is 58.2 Å². The number of carbonyl (C=O) groups is 1. The average Bonchev–Trinajstić information content (AvgIpc) is 2.52. The van der Waals surface area contributed by atoms with E-state index in [0.29, 0.717) is 5.75 Å². The van der Waals surface area contributed by atoms with Crippen LogP contribution in [0.2, 0.25) is 0 Å². The molecule has 1 amide bonds. The monoisotopic (exact) mass is 364 g/mol. The molecule has 0 fully saturated rings. The first kappa shape index (κ1) is 16.0. The van der Waals surface area contributed by atoms with Crippen LogP contribution in [0.3, 0.4) is 0 Å². The van der Waals surface area contributed by atoms with Crippen molar-refractivity contribution in [1.29, 1.82) is 0 Å². The second kappa shape index (κ2) is 8.20. The van der Waals surface area contributed by atoms with Gasteiger partial charge in [-0.25, -0.2) is 4.98 Å². The van der Waals surface area contributed by atoms with Gasteiger partial charge >= 0.3 is 0 Å². The molecule has 0 saturated heterocycles. The van der Waals surface area contributed by atoms with Crippen molar-refractivity contribution in [3.05, 3.63) is 58.7 Å². The van der Waals surface area contributed by atoms with Crippen molar-refractivity contribution in [1.82, 2.24) is 10.3 Å². The third-order valence-corrected chi connectivity index (χ3v) is 4.48. The van der Waals surface area contributed by atoms with E-state index in [1.807, 2.05) is 42.5 Å². The molecule has 0 radical (unpaired) electrons.